The lowest BCUT2D eigenvalue weighted by atomic mass is 10.1. The van der Waals surface area contributed by atoms with Crippen LogP contribution in [0.25, 0.3) is 0 Å². The highest BCUT2D eigenvalue weighted by molar-refractivity contribution is 5.31. The van der Waals surface area contributed by atoms with E-state index in [2.05, 4.69) is 19.1 Å². The summed E-state index contributed by atoms with van der Waals surface area (Å²) in [5, 5.41) is 0. The van der Waals surface area contributed by atoms with Gasteiger partial charge in [0.2, 0.25) is 0 Å². The van der Waals surface area contributed by atoms with Crippen molar-refractivity contribution < 1.29 is 4.74 Å². The van der Waals surface area contributed by atoms with Gasteiger partial charge in [0.15, 0.2) is 0 Å². The highest BCUT2D eigenvalue weighted by atomic mass is 16.5. The van der Waals surface area contributed by atoms with E-state index in [0.717, 1.165) is 25.2 Å². The number of ether oxygens (including phenoxy) is 1. The van der Waals surface area contributed by atoms with E-state index in [4.69, 9.17) is 4.74 Å². The van der Waals surface area contributed by atoms with Gasteiger partial charge in [0, 0.05) is 6.42 Å². The van der Waals surface area contributed by atoms with E-state index in [-0.39, 0.29) is 0 Å². The molecule has 1 heteroatoms. The highest BCUT2D eigenvalue weighted by Crippen LogP contribution is 2.21. The van der Waals surface area contributed by atoms with E-state index in [1.54, 1.807) is 0 Å². The first kappa shape index (κ1) is 9.11. The molecule has 0 atom stereocenters. The summed E-state index contributed by atoms with van der Waals surface area (Å²) in [5.41, 5.74) is 1.33. The lowest BCUT2D eigenvalue weighted by Crippen LogP contribution is -1.79. The van der Waals surface area contributed by atoms with Gasteiger partial charge in [-0.2, -0.15) is 0 Å². The molecule has 0 fully saturated rings. The Morgan fingerprint density at radius 3 is 2.92 bits per heavy atom. The number of hydrogen-bond acceptors (Lipinski definition) is 1. The molecular formula is C11H16O. The van der Waals surface area contributed by atoms with Crippen molar-refractivity contribution in [2.45, 2.75) is 26.7 Å². The molecule has 0 saturated heterocycles. The third-order valence-electron chi connectivity index (χ3n) is 1.82. The van der Waals surface area contributed by atoms with Gasteiger partial charge in [0.1, 0.15) is 5.76 Å². The van der Waals surface area contributed by atoms with Crippen molar-refractivity contribution in [3.63, 3.8) is 0 Å². The molecule has 0 aromatic rings. The summed E-state index contributed by atoms with van der Waals surface area (Å²) in [5.74, 6) is 1.04. The van der Waals surface area contributed by atoms with E-state index in [0.29, 0.717) is 0 Å². The summed E-state index contributed by atoms with van der Waals surface area (Å²) in [4.78, 5) is 0. The molecule has 0 bridgehead atoms. The Morgan fingerprint density at radius 2 is 2.25 bits per heavy atom. The zero-order valence-corrected chi connectivity index (χ0v) is 7.84. The third kappa shape index (κ3) is 2.26. The van der Waals surface area contributed by atoms with E-state index in [1.165, 1.54) is 5.57 Å². The molecule has 1 nitrogen and oxygen atoms in total. The number of hydrogen-bond donors (Lipinski definition) is 0. The largest absolute Gasteiger partial charge is 0.493 e. The van der Waals surface area contributed by atoms with Crippen molar-refractivity contribution in [3.8, 4) is 0 Å². The third-order valence-corrected chi connectivity index (χ3v) is 1.82. The van der Waals surface area contributed by atoms with Crippen LogP contribution in [0.1, 0.15) is 26.7 Å². The first-order valence-electron chi connectivity index (χ1n) is 4.53. The van der Waals surface area contributed by atoms with E-state index >= 15 is 0 Å². The molecular weight excluding hydrogens is 148 g/mol. The Hall–Kier alpha value is -0.980. The molecule has 0 radical (unpaired) electrons. The highest BCUT2D eigenvalue weighted by Gasteiger charge is 2.09. The van der Waals surface area contributed by atoms with Gasteiger partial charge in [0.25, 0.3) is 0 Å². The molecule has 0 spiro atoms. The minimum atomic E-state index is 0.836. The molecule has 0 aromatic heterocycles. The van der Waals surface area contributed by atoms with Crippen molar-refractivity contribution in [2.24, 2.45) is 0 Å². The first-order valence-corrected chi connectivity index (χ1v) is 4.53. The standard InChI is InChI=1S/C11H16O/c1-3-5-7-10-8-9-12-11(10)6-4-2/h4-7H,3,8-9H2,1-2H3/b6-4+,7-5-. The zero-order valence-electron chi connectivity index (χ0n) is 7.84. The predicted molar refractivity (Wildman–Crippen MR) is 51.8 cm³/mol. The van der Waals surface area contributed by atoms with Crippen LogP contribution < -0.4 is 0 Å². The van der Waals surface area contributed by atoms with Gasteiger partial charge in [-0.25, -0.2) is 0 Å². The van der Waals surface area contributed by atoms with Gasteiger partial charge >= 0.3 is 0 Å². The maximum Gasteiger partial charge on any atom is 0.122 e. The fourth-order valence-electron chi connectivity index (χ4n) is 1.22. The summed E-state index contributed by atoms with van der Waals surface area (Å²) in [7, 11) is 0. The second kappa shape index (κ2) is 4.81. The number of rotatable bonds is 3. The van der Waals surface area contributed by atoms with Crippen molar-refractivity contribution in [3.05, 3.63) is 35.6 Å². The first-order chi connectivity index (χ1) is 5.88. The Kier molecular flexibility index (Phi) is 3.65. The van der Waals surface area contributed by atoms with Crippen LogP contribution in [0.3, 0.4) is 0 Å². The van der Waals surface area contributed by atoms with Gasteiger partial charge in [0.05, 0.1) is 6.61 Å². The summed E-state index contributed by atoms with van der Waals surface area (Å²) >= 11 is 0. The molecule has 1 rings (SSSR count). The van der Waals surface area contributed by atoms with Crippen LogP contribution >= 0.6 is 0 Å². The van der Waals surface area contributed by atoms with Crippen LogP contribution in [0.2, 0.25) is 0 Å². The molecule has 0 amide bonds. The van der Waals surface area contributed by atoms with Gasteiger partial charge in [-0.05, 0) is 25.0 Å². The second-order valence-corrected chi connectivity index (χ2v) is 2.80. The van der Waals surface area contributed by atoms with Gasteiger partial charge in [-0.1, -0.05) is 25.2 Å². The molecule has 1 aliphatic rings. The Labute approximate surface area is 74.4 Å². The molecule has 0 unspecified atom stereocenters. The SMILES string of the molecule is C/C=C/C1=C(/C=C\CC)CCO1. The molecule has 0 aromatic carbocycles. The number of allylic oxidation sites excluding steroid dienone is 4. The average Bonchev–Trinajstić information content (AvgIpc) is 2.50. The summed E-state index contributed by atoms with van der Waals surface area (Å²) in [6.07, 6.45) is 10.5. The Balaban J connectivity index is 2.69. The van der Waals surface area contributed by atoms with Crippen LogP contribution in [-0.2, 0) is 4.74 Å². The second-order valence-electron chi connectivity index (χ2n) is 2.80. The Bertz CT molecular complexity index is 221. The molecule has 66 valence electrons. The fourth-order valence-corrected chi connectivity index (χ4v) is 1.22. The van der Waals surface area contributed by atoms with Crippen molar-refractivity contribution in [1.82, 2.24) is 0 Å². The van der Waals surface area contributed by atoms with Crippen LogP contribution in [0.4, 0.5) is 0 Å². The summed E-state index contributed by atoms with van der Waals surface area (Å²) in [6, 6.07) is 0. The zero-order chi connectivity index (χ0) is 8.81. The minimum absolute atomic E-state index is 0.836. The van der Waals surface area contributed by atoms with Crippen LogP contribution in [0, 0.1) is 0 Å². The fraction of sp³-hybridized carbons (Fsp3) is 0.455. The molecule has 1 heterocycles. The van der Waals surface area contributed by atoms with Crippen LogP contribution in [-0.4, -0.2) is 6.61 Å². The molecule has 0 aliphatic carbocycles. The van der Waals surface area contributed by atoms with E-state index < -0.39 is 0 Å². The van der Waals surface area contributed by atoms with Gasteiger partial charge in [-0.3, -0.25) is 0 Å². The molecule has 0 saturated carbocycles. The van der Waals surface area contributed by atoms with Crippen LogP contribution in [0.15, 0.2) is 35.6 Å². The van der Waals surface area contributed by atoms with Crippen molar-refractivity contribution in [2.75, 3.05) is 6.61 Å². The van der Waals surface area contributed by atoms with Gasteiger partial charge in [-0.15, -0.1) is 0 Å². The van der Waals surface area contributed by atoms with Crippen molar-refractivity contribution in [1.29, 1.82) is 0 Å². The molecule has 12 heavy (non-hydrogen) atoms. The molecule has 0 N–H and O–H groups in total. The Morgan fingerprint density at radius 1 is 1.42 bits per heavy atom. The smallest absolute Gasteiger partial charge is 0.122 e. The summed E-state index contributed by atoms with van der Waals surface area (Å²) < 4.78 is 5.44. The minimum Gasteiger partial charge on any atom is -0.493 e. The van der Waals surface area contributed by atoms with E-state index in [9.17, 15) is 0 Å². The van der Waals surface area contributed by atoms with Crippen LogP contribution in [0.5, 0.6) is 0 Å². The maximum atomic E-state index is 5.44. The molecule has 1 aliphatic heterocycles. The maximum absolute atomic E-state index is 5.44. The summed E-state index contributed by atoms with van der Waals surface area (Å²) in [6.45, 7) is 4.99. The average molecular weight is 164 g/mol. The quantitative estimate of drug-likeness (QED) is 0.622. The predicted octanol–water partition coefficient (Wildman–Crippen LogP) is 3.20. The normalized spacial score (nSPS) is 18.2. The van der Waals surface area contributed by atoms with Crippen molar-refractivity contribution >= 4 is 0 Å². The van der Waals surface area contributed by atoms with Gasteiger partial charge < -0.3 is 4.74 Å². The lowest BCUT2D eigenvalue weighted by molar-refractivity contribution is 0.257. The monoisotopic (exact) mass is 164 g/mol. The topological polar surface area (TPSA) is 9.23 Å². The lowest BCUT2D eigenvalue weighted by Gasteiger charge is -1.95. The van der Waals surface area contributed by atoms with E-state index in [1.807, 2.05) is 19.1 Å².